The second-order valence-electron chi connectivity index (χ2n) is 8.15. The molecular formula is C24H25N3O2. The molecule has 5 heteroatoms. The van der Waals surface area contributed by atoms with Gasteiger partial charge in [-0.15, -0.1) is 0 Å². The number of aromatic nitrogens is 1. The summed E-state index contributed by atoms with van der Waals surface area (Å²) in [5.74, 6) is 0.568. The van der Waals surface area contributed by atoms with Crippen molar-refractivity contribution in [3.63, 3.8) is 0 Å². The summed E-state index contributed by atoms with van der Waals surface area (Å²) in [6, 6.07) is 17.6. The summed E-state index contributed by atoms with van der Waals surface area (Å²) in [5, 5.41) is 0.813. The average molecular weight is 387 g/mol. The van der Waals surface area contributed by atoms with Crippen molar-refractivity contribution in [3.8, 4) is 0 Å². The second-order valence-corrected chi connectivity index (χ2v) is 8.15. The molecule has 5 rings (SSSR count). The van der Waals surface area contributed by atoms with Crippen LogP contribution in [-0.4, -0.2) is 42.0 Å². The lowest BCUT2D eigenvalue weighted by atomic mass is 9.95. The predicted octanol–water partition coefficient (Wildman–Crippen LogP) is 3.44. The second kappa shape index (κ2) is 7.39. The summed E-state index contributed by atoms with van der Waals surface area (Å²) in [6.45, 7) is 3.66. The summed E-state index contributed by atoms with van der Waals surface area (Å²) in [5.41, 5.74) is 3.82. The van der Waals surface area contributed by atoms with Gasteiger partial charge in [0.1, 0.15) is 0 Å². The molecule has 5 nitrogen and oxygen atoms in total. The SMILES string of the molecule is O=C(c1cc(=O)[nH]c2ccccc12)N1CCC(CN2CCc3ccccc32)CC1. The van der Waals surface area contributed by atoms with Crippen LogP contribution in [0.4, 0.5) is 5.69 Å². The van der Waals surface area contributed by atoms with Gasteiger partial charge in [-0.05, 0) is 42.9 Å². The molecule has 148 valence electrons. The van der Waals surface area contributed by atoms with Crippen LogP contribution in [0.1, 0.15) is 28.8 Å². The number of amides is 1. The highest BCUT2D eigenvalue weighted by Crippen LogP contribution is 2.30. The fraction of sp³-hybridized carbons (Fsp3) is 0.333. The number of hydrogen-bond acceptors (Lipinski definition) is 3. The van der Waals surface area contributed by atoms with Crippen molar-refractivity contribution in [2.24, 2.45) is 5.92 Å². The number of fused-ring (bicyclic) bond motifs is 2. The Hall–Kier alpha value is -3.08. The number of pyridine rings is 1. The van der Waals surface area contributed by atoms with E-state index in [2.05, 4.69) is 34.1 Å². The maximum absolute atomic E-state index is 13.1. The number of rotatable bonds is 3. The Labute approximate surface area is 170 Å². The molecule has 0 unspecified atom stereocenters. The zero-order valence-electron chi connectivity index (χ0n) is 16.4. The lowest BCUT2D eigenvalue weighted by Crippen LogP contribution is -2.41. The summed E-state index contributed by atoms with van der Waals surface area (Å²) in [4.78, 5) is 32.4. The molecule has 1 fully saturated rings. The minimum atomic E-state index is -0.227. The fourth-order valence-electron chi connectivity index (χ4n) is 4.78. The van der Waals surface area contributed by atoms with E-state index in [1.54, 1.807) is 0 Å². The van der Waals surface area contributed by atoms with Crippen LogP contribution in [0.15, 0.2) is 59.4 Å². The standard InChI is InChI=1S/C24H25N3O2/c28-23-15-20(19-6-2-3-7-21(19)25-23)24(29)26-12-9-17(10-13-26)16-27-14-11-18-5-1-4-8-22(18)27/h1-8,15,17H,9-14,16H2,(H,25,28). The molecule has 0 bridgehead atoms. The van der Waals surface area contributed by atoms with E-state index in [0.29, 0.717) is 17.0 Å². The molecule has 0 saturated carbocycles. The fourth-order valence-corrected chi connectivity index (χ4v) is 4.78. The topological polar surface area (TPSA) is 56.4 Å². The molecule has 1 amide bonds. The Balaban J connectivity index is 1.27. The first-order chi connectivity index (χ1) is 14.2. The van der Waals surface area contributed by atoms with Gasteiger partial charge in [0.2, 0.25) is 5.56 Å². The zero-order valence-corrected chi connectivity index (χ0v) is 16.4. The lowest BCUT2D eigenvalue weighted by Gasteiger charge is -2.34. The molecule has 2 aliphatic heterocycles. The van der Waals surface area contributed by atoms with Gasteiger partial charge < -0.3 is 14.8 Å². The molecule has 3 heterocycles. The Kier molecular flexibility index (Phi) is 4.58. The van der Waals surface area contributed by atoms with Gasteiger partial charge in [0.25, 0.3) is 5.91 Å². The highest BCUT2D eigenvalue weighted by Gasteiger charge is 2.28. The van der Waals surface area contributed by atoms with E-state index < -0.39 is 0 Å². The number of piperidine rings is 1. The van der Waals surface area contributed by atoms with Crippen LogP contribution < -0.4 is 10.5 Å². The minimum Gasteiger partial charge on any atom is -0.371 e. The van der Waals surface area contributed by atoms with Gasteiger partial charge in [0.05, 0.1) is 5.56 Å². The van der Waals surface area contributed by atoms with E-state index in [0.717, 1.165) is 50.8 Å². The van der Waals surface area contributed by atoms with Crippen molar-refractivity contribution < 1.29 is 4.79 Å². The molecule has 0 spiro atoms. The Bertz CT molecular complexity index is 1110. The number of anilines is 1. The number of aromatic amines is 1. The van der Waals surface area contributed by atoms with Gasteiger partial charge in [0, 0.05) is 48.8 Å². The predicted molar refractivity (Wildman–Crippen MR) is 116 cm³/mol. The van der Waals surface area contributed by atoms with Gasteiger partial charge >= 0.3 is 0 Å². The summed E-state index contributed by atoms with van der Waals surface area (Å²) >= 11 is 0. The average Bonchev–Trinajstić information content (AvgIpc) is 3.16. The Morgan fingerprint density at radius 2 is 1.76 bits per heavy atom. The number of para-hydroxylation sites is 2. The van der Waals surface area contributed by atoms with Gasteiger partial charge in [-0.3, -0.25) is 9.59 Å². The molecule has 0 aliphatic carbocycles. The monoisotopic (exact) mass is 387 g/mol. The van der Waals surface area contributed by atoms with Crippen LogP contribution >= 0.6 is 0 Å². The van der Waals surface area contributed by atoms with Crippen molar-refractivity contribution in [2.45, 2.75) is 19.3 Å². The van der Waals surface area contributed by atoms with Crippen molar-refractivity contribution in [1.82, 2.24) is 9.88 Å². The molecule has 1 saturated heterocycles. The smallest absolute Gasteiger partial charge is 0.254 e. The van der Waals surface area contributed by atoms with Gasteiger partial charge in [-0.1, -0.05) is 36.4 Å². The lowest BCUT2D eigenvalue weighted by molar-refractivity contribution is 0.0694. The van der Waals surface area contributed by atoms with Crippen LogP contribution in [0.3, 0.4) is 0 Å². The molecular weight excluding hydrogens is 362 g/mol. The van der Waals surface area contributed by atoms with Crippen LogP contribution in [0, 0.1) is 5.92 Å². The normalized spacial score (nSPS) is 17.0. The highest BCUT2D eigenvalue weighted by molar-refractivity contribution is 6.05. The van der Waals surface area contributed by atoms with E-state index in [1.807, 2.05) is 29.2 Å². The molecule has 2 aromatic carbocycles. The van der Waals surface area contributed by atoms with Crippen LogP contribution in [0.25, 0.3) is 10.9 Å². The third kappa shape index (κ3) is 3.41. The first kappa shape index (κ1) is 18.0. The van der Waals surface area contributed by atoms with Crippen LogP contribution in [-0.2, 0) is 6.42 Å². The molecule has 29 heavy (non-hydrogen) atoms. The molecule has 1 N–H and O–H groups in total. The summed E-state index contributed by atoms with van der Waals surface area (Å²) in [6.07, 6.45) is 3.14. The number of carbonyl (C=O) groups is 1. The first-order valence-corrected chi connectivity index (χ1v) is 10.4. The van der Waals surface area contributed by atoms with E-state index in [1.165, 1.54) is 17.3 Å². The molecule has 2 aliphatic rings. The maximum atomic E-state index is 13.1. The van der Waals surface area contributed by atoms with Crippen LogP contribution in [0.5, 0.6) is 0 Å². The van der Waals surface area contributed by atoms with Crippen molar-refractivity contribution in [3.05, 3.63) is 76.1 Å². The van der Waals surface area contributed by atoms with E-state index in [-0.39, 0.29) is 11.5 Å². The van der Waals surface area contributed by atoms with E-state index >= 15 is 0 Å². The molecule has 0 atom stereocenters. The number of nitrogens with one attached hydrogen (secondary N) is 1. The van der Waals surface area contributed by atoms with Gasteiger partial charge in [-0.2, -0.15) is 0 Å². The molecule has 0 radical (unpaired) electrons. The Morgan fingerprint density at radius 3 is 2.62 bits per heavy atom. The van der Waals surface area contributed by atoms with Crippen LogP contribution in [0.2, 0.25) is 0 Å². The maximum Gasteiger partial charge on any atom is 0.254 e. The highest BCUT2D eigenvalue weighted by atomic mass is 16.2. The third-order valence-electron chi connectivity index (χ3n) is 6.34. The number of carbonyl (C=O) groups excluding carboxylic acids is 1. The largest absolute Gasteiger partial charge is 0.371 e. The van der Waals surface area contributed by atoms with E-state index in [4.69, 9.17) is 0 Å². The molecule has 1 aromatic heterocycles. The van der Waals surface area contributed by atoms with Crippen molar-refractivity contribution >= 4 is 22.5 Å². The summed E-state index contributed by atoms with van der Waals surface area (Å²) < 4.78 is 0. The quantitative estimate of drug-likeness (QED) is 0.749. The first-order valence-electron chi connectivity index (χ1n) is 10.4. The van der Waals surface area contributed by atoms with Crippen molar-refractivity contribution in [1.29, 1.82) is 0 Å². The third-order valence-corrected chi connectivity index (χ3v) is 6.34. The van der Waals surface area contributed by atoms with Gasteiger partial charge in [0.15, 0.2) is 0 Å². The summed E-state index contributed by atoms with van der Waals surface area (Å²) in [7, 11) is 0. The van der Waals surface area contributed by atoms with E-state index in [9.17, 15) is 9.59 Å². The molecule has 3 aromatic rings. The number of nitrogens with zero attached hydrogens (tertiary/aromatic N) is 2. The number of hydrogen-bond donors (Lipinski definition) is 1. The number of likely N-dealkylation sites (tertiary alicyclic amines) is 1. The Morgan fingerprint density at radius 1 is 1.00 bits per heavy atom. The van der Waals surface area contributed by atoms with Crippen molar-refractivity contribution in [2.75, 3.05) is 31.1 Å². The number of H-pyrrole nitrogens is 1. The van der Waals surface area contributed by atoms with Gasteiger partial charge in [-0.25, -0.2) is 0 Å². The zero-order chi connectivity index (χ0) is 19.8. The minimum absolute atomic E-state index is 0.0303. The number of benzene rings is 2.